The van der Waals surface area contributed by atoms with Crippen molar-refractivity contribution in [2.24, 2.45) is 0 Å². The van der Waals surface area contributed by atoms with Crippen molar-refractivity contribution >= 4 is 28.5 Å². The van der Waals surface area contributed by atoms with Crippen LogP contribution in [-0.4, -0.2) is 25.2 Å². The number of benzene rings is 2. The van der Waals surface area contributed by atoms with Gasteiger partial charge < -0.3 is 9.88 Å². The number of nitrogens with zero attached hydrogens (tertiary/aromatic N) is 4. The summed E-state index contributed by atoms with van der Waals surface area (Å²) in [6.45, 7) is 0.704. The predicted molar refractivity (Wildman–Crippen MR) is 112 cm³/mol. The Balaban J connectivity index is 1.27. The van der Waals surface area contributed by atoms with Crippen LogP contribution in [0.4, 0.5) is 0 Å². The zero-order valence-corrected chi connectivity index (χ0v) is 16.5. The molecule has 1 aliphatic rings. The molecule has 4 aromatic rings. The lowest BCUT2D eigenvalue weighted by molar-refractivity contribution is -0.121. The van der Waals surface area contributed by atoms with Crippen LogP contribution in [0.3, 0.4) is 0 Å². The van der Waals surface area contributed by atoms with Crippen molar-refractivity contribution < 1.29 is 4.79 Å². The Bertz CT molecular complexity index is 1170. The average molecular weight is 406 g/mol. The van der Waals surface area contributed by atoms with Crippen LogP contribution in [0.5, 0.6) is 0 Å². The molecule has 146 valence electrons. The third kappa shape index (κ3) is 3.76. The number of fused-ring (bicyclic) bond motifs is 1. The van der Waals surface area contributed by atoms with Crippen LogP contribution >= 0.6 is 11.6 Å². The van der Waals surface area contributed by atoms with E-state index in [0.29, 0.717) is 17.5 Å². The number of hydrogen-bond acceptors (Lipinski definition) is 3. The minimum absolute atomic E-state index is 0.0331. The third-order valence-electron chi connectivity index (χ3n) is 5.15. The second-order valence-electron chi connectivity index (χ2n) is 7.37. The number of halogens is 1. The standard InChI is InChI=1S/C22H20ClN5O/c23-17-7-9-18(10-8-17)28-13-15(12-25-28)11-24-21(29)14-27-20-4-2-1-3-19(20)26-22(27)16-5-6-16/h1-4,7-10,12-13,16H,5-6,11,14H2,(H,24,29). The summed E-state index contributed by atoms with van der Waals surface area (Å²) in [7, 11) is 0. The lowest BCUT2D eigenvalue weighted by Crippen LogP contribution is -2.27. The van der Waals surface area contributed by atoms with E-state index in [4.69, 9.17) is 16.6 Å². The molecule has 1 N–H and O–H groups in total. The number of carbonyl (C=O) groups excluding carboxylic acids is 1. The summed E-state index contributed by atoms with van der Waals surface area (Å²) in [5.74, 6) is 1.47. The summed E-state index contributed by atoms with van der Waals surface area (Å²) in [4.78, 5) is 17.4. The summed E-state index contributed by atoms with van der Waals surface area (Å²) in [6.07, 6.45) is 5.96. The van der Waals surface area contributed by atoms with Crippen LogP contribution in [0, 0.1) is 0 Å². The Hall–Kier alpha value is -3.12. The molecule has 1 amide bonds. The van der Waals surface area contributed by atoms with Crippen molar-refractivity contribution in [3.8, 4) is 5.69 Å². The molecule has 0 saturated heterocycles. The van der Waals surface area contributed by atoms with Gasteiger partial charge in [-0.1, -0.05) is 23.7 Å². The molecular formula is C22H20ClN5O. The Labute approximate surface area is 173 Å². The van der Waals surface area contributed by atoms with Crippen LogP contribution in [0.25, 0.3) is 16.7 Å². The van der Waals surface area contributed by atoms with E-state index in [1.165, 1.54) is 0 Å². The number of hydrogen-bond donors (Lipinski definition) is 1. The van der Waals surface area contributed by atoms with Gasteiger partial charge in [0.25, 0.3) is 0 Å². The highest BCUT2D eigenvalue weighted by Crippen LogP contribution is 2.40. The molecule has 0 radical (unpaired) electrons. The Morgan fingerprint density at radius 2 is 1.93 bits per heavy atom. The van der Waals surface area contributed by atoms with Gasteiger partial charge in [0.05, 0.1) is 22.9 Å². The number of carbonyl (C=O) groups is 1. The summed E-state index contributed by atoms with van der Waals surface area (Å²) >= 11 is 5.93. The molecule has 1 saturated carbocycles. The maximum atomic E-state index is 12.6. The van der Waals surface area contributed by atoms with Crippen molar-refractivity contribution in [2.75, 3.05) is 0 Å². The molecule has 5 rings (SSSR count). The largest absolute Gasteiger partial charge is 0.350 e. The molecule has 29 heavy (non-hydrogen) atoms. The first-order chi connectivity index (χ1) is 14.2. The van der Waals surface area contributed by atoms with E-state index in [9.17, 15) is 4.79 Å². The van der Waals surface area contributed by atoms with Gasteiger partial charge in [0.15, 0.2) is 0 Å². The second-order valence-corrected chi connectivity index (χ2v) is 7.80. The van der Waals surface area contributed by atoms with Crippen molar-refractivity contribution in [3.05, 3.63) is 77.3 Å². The van der Waals surface area contributed by atoms with Crippen molar-refractivity contribution in [3.63, 3.8) is 0 Å². The predicted octanol–water partition coefficient (Wildman–Crippen LogP) is 4.07. The quantitative estimate of drug-likeness (QED) is 0.526. The van der Waals surface area contributed by atoms with E-state index < -0.39 is 0 Å². The highest BCUT2D eigenvalue weighted by Gasteiger charge is 2.30. The molecular weight excluding hydrogens is 386 g/mol. The number of rotatable bonds is 6. The van der Waals surface area contributed by atoms with Gasteiger partial charge >= 0.3 is 0 Å². The van der Waals surface area contributed by atoms with Gasteiger partial charge in [-0.25, -0.2) is 9.67 Å². The van der Waals surface area contributed by atoms with E-state index in [0.717, 1.165) is 41.0 Å². The van der Waals surface area contributed by atoms with E-state index in [1.54, 1.807) is 10.9 Å². The number of para-hydroxylation sites is 2. The first kappa shape index (κ1) is 17.9. The first-order valence-corrected chi connectivity index (χ1v) is 10.1. The third-order valence-corrected chi connectivity index (χ3v) is 5.40. The molecule has 7 heteroatoms. The normalized spacial score (nSPS) is 13.7. The number of imidazole rings is 1. The minimum atomic E-state index is -0.0331. The van der Waals surface area contributed by atoms with Gasteiger partial charge in [0.1, 0.15) is 12.4 Å². The zero-order valence-electron chi connectivity index (χ0n) is 15.8. The molecule has 0 unspecified atom stereocenters. The molecule has 0 bridgehead atoms. The van der Waals surface area contributed by atoms with Gasteiger partial charge in [0.2, 0.25) is 5.91 Å². The summed E-state index contributed by atoms with van der Waals surface area (Å²) < 4.78 is 3.83. The summed E-state index contributed by atoms with van der Waals surface area (Å²) in [6, 6.07) is 15.5. The van der Waals surface area contributed by atoms with Crippen LogP contribution < -0.4 is 5.32 Å². The Morgan fingerprint density at radius 3 is 2.72 bits per heavy atom. The highest BCUT2D eigenvalue weighted by molar-refractivity contribution is 6.30. The van der Waals surface area contributed by atoms with E-state index in [1.807, 2.05) is 54.7 Å². The molecule has 0 spiro atoms. The lowest BCUT2D eigenvalue weighted by atomic mass is 10.3. The van der Waals surface area contributed by atoms with E-state index >= 15 is 0 Å². The topological polar surface area (TPSA) is 64.7 Å². The monoisotopic (exact) mass is 405 g/mol. The number of nitrogens with one attached hydrogen (secondary N) is 1. The SMILES string of the molecule is O=C(Cn1c(C2CC2)nc2ccccc21)NCc1cnn(-c2ccc(Cl)cc2)c1. The fraction of sp³-hybridized carbons (Fsp3) is 0.227. The second kappa shape index (κ2) is 7.37. The number of amides is 1. The lowest BCUT2D eigenvalue weighted by Gasteiger charge is -2.09. The fourth-order valence-electron chi connectivity index (χ4n) is 3.50. The number of aromatic nitrogens is 4. The smallest absolute Gasteiger partial charge is 0.240 e. The van der Waals surface area contributed by atoms with Gasteiger partial charge in [-0.3, -0.25) is 4.79 Å². The van der Waals surface area contributed by atoms with Crippen LogP contribution in [0.1, 0.15) is 30.1 Å². The molecule has 1 fully saturated rings. The van der Waals surface area contributed by atoms with Crippen LogP contribution in [-0.2, 0) is 17.9 Å². The maximum absolute atomic E-state index is 12.6. The Morgan fingerprint density at radius 1 is 1.14 bits per heavy atom. The zero-order chi connectivity index (χ0) is 19.8. The van der Waals surface area contributed by atoms with E-state index in [2.05, 4.69) is 15.0 Å². The average Bonchev–Trinajstić information content (AvgIpc) is 3.36. The van der Waals surface area contributed by atoms with E-state index in [-0.39, 0.29) is 12.5 Å². The maximum Gasteiger partial charge on any atom is 0.240 e. The van der Waals surface area contributed by atoms with Crippen molar-refractivity contribution in [1.29, 1.82) is 0 Å². The minimum Gasteiger partial charge on any atom is -0.350 e. The molecule has 0 atom stereocenters. The molecule has 0 aliphatic heterocycles. The fourth-order valence-corrected chi connectivity index (χ4v) is 3.63. The Kier molecular flexibility index (Phi) is 4.56. The van der Waals surface area contributed by atoms with Gasteiger partial charge in [-0.15, -0.1) is 0 Å². The van der Waals surface area contributed by atoms with Crippen LogP contribution in [0.2, 0.25) is 5.02 Å². The van der Waals surface area contributed by atoms with Gasteiger partial charge in [-0.05, 0) is 49.2 Å². The molecule has 6 nitrogen and oxygen atoms in total. The van der Waals surface area contributed by atoms with Gasteiger partial charge in [0, 0.05) is 29.2 Å². The molecule has 2 aromatic carbocycles. The van der Waals surface area contributed by atoms with Crippen molar-refractivity contribution in [2.45, 2.75) is 31.8 Å². The van der Waals surface area contributed by atoms with Crippen LogP contribution in [0.15, 0.2) is 60.9 Å². The summed E-state index contributed by atoms with van der Waals surface area (Å²) in [5, 5.41) is 8.05. The first-order valence-electron chi connectivity index (χ1n) is 9.69. The van der Waals surface area contributed by atoms with Crippen molar-refractivity contribution in [1.82, 2.24) is 24.6 Å². The molecule has 1 aliphatic carbocycles. The highest BCUT2D eigenvalue weighted by atomic mass is 35.5. The molecule has 2 aromatic heterocycles. The molecule has 2 heterocycles. The van der Waals surface area contributed by atoms with Gasteiger partial charge in [-0.2, -0.15) is 5.10 Å². The summed E-state index contributed by atoms with van der Waals surface area (Å²) in [5.41, 5.74) is 3.82.